The van der Waals surface area contributed by atoms with Crippen molar-refractivity contribution in [3.63, 3.8) is 0 Å². The first-order chi connectivity index (χ1) is 18.0. The minimum Gasteiger partial charge on any atom is -0.507 e. The van der Waals surface area contributed by atoms with Crippen molar-refractivity contribution in [1.29, 1.82) is 0 Å². The van der Waals surface area contributed by atoms with E-state index >= 15 is 0 Å². The normalized spacial score (nSPS) is 20.1. The monoisotopic (exact) mass is 502 g/mol. The van der Waals surface area contributed by atoms with Gasteiger partial charge in [-0.3, -0.25) is 4.90 Å². The van der Waals surface area contributed by atoms with Crippen LogP contribution in [0.5, 0.6) is 5.75 Å². The van der Waals surface area contributed by atoms with Gasteiger partial charge in [0, 0.05) is 50.0 Å². The third kappa shape index (κ3) is 5.42. The number of aromatic nitrogens is 4. The molecular weight excluding hydrogens is 471 g/mol. The Hall–Kier alpha value is -3.97. The molecule has 1 aromatic carbocycles. The average molecular weight is 503 g/mol. The number of halogens is 1. The van der Waals surface area contributed by atoms with E-state index in [1.54, 1.807) is 18.3 Å². The fourth-order valence-corrected chi connectivity index (χ4v) is 4.77. The van der Waals surface area contributed by atoms with Gasteiger partial charge in [0.05, 0.1) is 17.9 Å². The predicted octanol–water partition coefficient (Wildman–Crippen LogP) is 2.72. The number of benzene rings is 1. The van der Waals surface area contributed by atoms with E-state index in [1.165, 1.54) is 0 Å². The molecule has 0 radical (unpaired) electrons. The molecule has 2 aliphatic rings. The lowest BCUT2D eigenvalue weighted by Gasteiger charge is -2.37. The summed E-state index contributed by atoms with van der Waals surface area (Å²) in [5.74, 6) is 7.94. The Kier molecular flexibility index (Phi) is 7.32. The molecule has 2 aromatic heterocycles. The van der Waals surface area contributed by atoms with Gasteiger partial charge in [-0.05, 0) is 50.0 Å². The first-order valence-electron chi connectivity index (χ1n) is 12.6. The third-order valence-electron chi connectivity index (χ3n) is 7.14. The molecule has 0 aliphatic carbocycles. The van der Waals surface area contributed by atoms with E-state index in [2.05, 4.69) is 43.7 Å². The molecule has 9 nitrogen and oxygen atoms in total. The van der Waals surface area contributed by atoms with Gasteiger partial charge in [0.2, 0.25) is 5.82 Å². The number of likely N-dealkylation sites (tertiary alicyclic amines) is 1. The minimum absolute atomic E-state index is 0.00143. The maximum absolute atomic E-state index is 12.9. The Bertz CT molecular complexity index is 1310. The van der Waals surface area contributed by atoms with E-state index in [0.29, 0.717) is 36.0 Å². The molecule has 5 rings (SSSR count). The molecule has 2 atom stereocenters. The maximum Gasteiger partial charge on any atom is 0.206 e. The number of hydrogen-bond donors (Lipinski definition) is 2. The van der Waals surface area contributed by atoms with Crippen LogP contribution in [0.15, 0.2) is 42.6 Å². The number of hydrogen-bond acceptors (Lipinski definition) is 9. The largest absolute Gasteiger partial charge is 0.507 e. The molecule has 10 heteroatoms. The molecular formula is C27H31FN8O. The average Bonchev–Trinajstić information content (AvgIpc) is 3.08. The zero-order valence-electron chi connectivity index (χ0n) is 20.9. The van der Waals surface area contributed by atoms with Crippen LogP contribution in [0, 0.1) is 11.8 Å². The van der Waals surface area contributed by atoms with Gasteiger partial charge < -0.3 is 20.6 Å². The van der Waals surface area contributed by atoms with Gasteiger partial charge in [0.1, 0.15) is 18.2 Å². The molecule has 2 saturated heterocycles. The van der Waals surface area contributed by atoms with Crippen molar-refractivity contribution in [1.82, 2.24) is 25.1 Å². The third-order valence-corrected chi connectivity index (χ3v) is 7.14. The van der Waals surface area contributed by atoms with E-state index in [4.69, 9.17) is 10.7 Å². The lowest BCUT2D eigenvalue weighted by atomic mass is 10.1. The molecule has 0 amide bonds. The Labute approximate surface area is 216 Å². The molecule has 2 aliphatic heterocycles. The molecule has 0 unspecified atom stereocenters. The highest BCUT2D eigenvalue weighted by atomic mass is 19.1. The van der Waals surface area contributed by atoms with Gasteiger partial charge in [-0.25, -0.2) is 14.4 Å². The number of aromatic hydroxyl groups is 1. The molecule has 3 N–H and O–H groups in total. The van der Waals surface area contributed by atoms with Crippen molar-refractivity contribution in [3.05, 3.63) is 48.4 Å². The summed E-state index contributed by atoms with van der Waals surface area (Å²) in [6.07, 6.45) is 3.52. The van der Waals surface area contributed by atoms with E-state index < -0.39 is 0 Å². The molecule has 4 heterocycles. The Morgan fingerprint density at radius 3 is 2.76 bits per heavy atom. The quantitative estimate of drug-likeness (QED) is 0.509. The Morgan fingerprint density at radius 2 is 1.97 bits per heavy atom. The van der Waals surface area contributed by atoms with Crippen LogP contribution in [0.25, 0.3) is 11.3 Å². The molecule has 192 valence electrons. The van der Waals surface area contributed by atoms with Crippen molar-refractivity contribution in [2.75, 3.05) is 54.9 Å². The predicted molar refractivity (Wildman–Crippen MR) is 142 cm³/mol. The van der Waals surface area contributed by atoms with Crippen LogP contribution in [-0.4, -0.2) is 81.7 Å². The van der Waals surface area contributed by atoms with Crippen molar-refractivity contribution < 1.29 is 9.50 Å². The first-order valence-corrected chi connectivity index (χ1v) is 12.6. The van der Waals surface area contributed by atoms with Crippen molar-refractivity contribution in [2.45, 2.75) is 31.8 Å². The van der Waals surface area contributed by atoms with Crippen molar-refractivity contribution in [3.8, 4) is 28.8 Å². The number of nitrogens with zero attached hydrogens (tertiary/aromatic N) is 7. The second-order valence-corrected chi connectivity index (χ2v) is 9.44. The van der Waals surface area contributed by atoms with E-state index in [1.807, 2.05) is 29.2 Å². The van der Waals surface area contributed by atoms with Crippen LogP contribution in [0.3, 0.4) is 0 Å². The highest BCUT2D eigenvalue weighted by Gasteiger charge is 2.27. The summed E-state index contributed by atoms with van der Waals surface area (Å²) < 4.78 is 12.9. The van der Waals surface area contributed by atoms with Gasteiger partial charge in [-0.15, -0.1) is 10.2 Å². The van der Waals surface area contributed by atoms with Crippen molar-refractivity contribution in [2.24, 2.45) is 0 Å². The summed E-state index contributed by atoms with van der Waals surface area (Å²) in [6, 6.07) is 11.1. The number of alkyl halides is 1. The summed E-state index contributed by atoms with van der Waals surface area (Å²) in [5, 5.41) is 18.6. The smallest absolute Gasteiger partial charge is 0.206 e. The second kappa shape index (κ2) is 11.0. The van der Waals surface area contributed by atoms with Gasteiger partial charge in [0.15, 0.2) is 5.82 Å². The van der Waals surface area contributed by atoms with Crippen LogP contribution in [-0.2, 0) is 0 Å². The van der Waals surface area contributed by atoms with E-state index in [0.717, 1.165) is 44.0 Å². The van der Waals surface area contributed by atoms with E-state index in [-0.39, 0.29) is 24.5 Å². The summed E-state index contributed by atoms with van der Waals surface area (Å²) in [4.78, 5) is 15.5. The Balaban J connectivity index is 1.30. The van der Waals surface area contributed by atoms with Crippen LogP contribution >= 0.6 is 0 Å². The van der Waals surface area contributed by atoms with Crippen molar-refractivity contribution >= 4 is 17.3 Å². The zero-order chi connectivity index (χ0) is 25.8. The molecule has 37 heavy (non-hydrogen) atoms. The molecule has 3 aromatic rings. The van der Waals surface area contributed by atoms with Gasteiger partial charge in [-0.1, -0.05) is 18.1 Å². The van der Waals surface area contributed by atoms with Gasteiger partial charge in [0.25, 0.3) is 0 Å². The topological polar surface area (TPSA) is 108 Å². The number of rotatable bonds is 5. The molecule has 0 saturated carbocycles. The number of anilines is 3. The SMILES string of the molecule is C[C@@H]1CCN(c2cc(-c3ccccc3O)nnc2N)CCN1c1ccnc(C#CCN2CC[C@H]2CF)n1. The second-order valence-electron chi connectivity index (χ2n) is 9.44. The summed E-state index contributed by atoms with van der Waals surface area (Å²) in [6.45, 7) is 5.50. The standard InChI is InChI=1S/C27H31FN8O/c1-19-9-13-35(23-17-22(32-33-27(23)29)21-5-2-3-6-24(21)37)15-16-36(19)26-8-11-30-25(31-26)7-4-12-34-14-10-20(34)18-28/h2-3,5-6,8,11,17,19-20,37H,9-10,12-16,18H2,1H3,(H2,29,33)/t19-,20+/m1/s1. The summed E-state index contributed by atoms with van der Waals surface area (Å²) >= 11 is 0. The van der Waals surface area contributed by atoms with Gasteiger partial charge in [-0.2, -0.15) is 0 Å². The number of para-hydroxylation sites is 1. The molecule has 2 fully saturated rings. The molecule has 0 bridgehead atoms. The van der Waals surface area contributed by atoms with Crippen LogP contribution < -0.4 is 15.5 Å². The number of phenols is 1. The minimum atomic E-state index is -0.325. The number of nitrogen functional groups attached to an aromatic ring is 1. The van der Waals surface area contributed by atoms with Crippen LogP contribution in [0.4, 0.5) is 21.7 Å². The molecule has 0 spiro atoms. The van der Waals surface area contributed by atoms with Gasteiger partial charge >= 0.3 is 0 Å². The zero-order valence-corrected chi connectivity index (χ0v) is 20.9. The fraction of sp³-hybridized carbons (Fsp3) is 0.407. The fourth-order valence-electron chi connectivity index (χ4n) is 4.77. The van der Waals surface area contributed by atoms with Crippen LogP contribution in [0.1, 0.15) is 25.6 Å². The Morgan fingerprint density at radius 1 is 1.11 bits per heavy atom. The highest BCUT2D eigenvalue weighted by molar-refractivity contribution is 5.74. The number of nitrogens with two attached hydrogens (primary N) is 1. The lowest BCUT2D eigenvalue weighted by molar-refractivity contribution is 0.0857. The van der Waals surface area contributed by atoms with Crippen LogP contribution in [0.2, 0.25) is 0 Å². The highest BCUT2D eigenvalue weighted by Crippen LogP contribution is 2.32. The number of phenolic OH excluding ortho intramolecular Hbond substituents is 1. The lowest BCUT2D eigenvalue weighted by Crippen LogP contribution is -2.48. The summed E-state index contributed by atoms with van der Waals surface area (Å²) in [7, 11) is 0. The maximum atomic E-state index is 12.9. The summed E-state index contributed by atoms with van der Waals surface area (Å²) in [5.41, 5.74) is 8.23. The first kappa shape index (κ1) is 24.7. The van der Waals surface area contributed by atoms with E-state index in [9.17, 15) is 9.50 Å².